The van der Waals surface area contributed by atoms with Gasteiger partial charge in [-0.1, -0.05) is 24.3 Å². The Morgan fingerprint density at radius 3 is 2.44 bits per heavy atom. The van der Waals surface area contributed by atoms with Crippen LogP contribution in [0.5, 0.6) is 0 Å². The van der Waals surface area contributed by atoms with Crippen molar-refractivity contribution in [1.82, 2.24) is 10.9 Å². The number of hydrogen-bond acceptors (Lipinski definition) is 5. The lowest BCUT2D eigenvalue weighted by atomic mass is 10.0. The molecule has 0 bridgehead atoms. The number of rotatable bonds is 7. The molecule has 0 radical (unpaired) electrons. The van der Waals surface area contributed by atoms with E-state index >= 15 is 0 Å². The Morgan fingerprint density at radius 1 is 1.00 bits per heavy atom. The van der Waals surface area contributed by atoms with Gasteiger partial charge in [-0.3, -0.25) is 20.4 Å². The molecule has 1 atom stereocenters. The second-order valence-electron chi connectivity index (χ2n) is 7.52. The van der Waals surface area contributed by atoms with E-state index in [0.717, 1.165) is 41.9 Å². The number of hydrazine groups is 1. The zero-order valence-corrected chi connectivity index (χ0v) is 18.0. The van der Waals surface area contributed by atoms with Crippen molar-refractivity contribution in [2.24, 2.45) is 0 Å². The van der Waals surface area contributed by atoms with E-state index in [4.69, 9.17) is 0 Å². The van der Waals surface area contributed by atoms with Gasteiger partial charge < -0.3 is 5.32 Å². The van der Waals surface area contributed by atoms with Crippen LogP contribution in [0.1, 0.15) is 23.6 Å². The van der Waals surface area contributed by atoms with Crippen LogP contribution in [0.3, 0.4) is 0 Å². The summed E-state index contributed by atoms with van der Waals surface area (Å²) in [5.74, 6) is -0.676. The van der Waals surface area contributed by atoms with E-state index in [1.807, 2.05) is 24.3 Å². The second kappa shape index (κ2) is 9.47. The molecule has 1 amide bonds. The summed E-state index contributed by atoms with van der Waals surface area (Å²) in [7, 11) is -3.82. The number of nitrogens with one attached hydrogen (secondary N) is 4. The fourth-order valence-corrected chi connectivity index (χ4v) is 4.53. The first kappa shape index (κ1) is 21.9. The van der Waals surface area contributed by atoms with Crippen molar-refractivity contribution in [2.45, 2.75) is 23.8 Å². The summed E-state index contributed by atoms with van der Waals surface area (Å²) in [5.41, 5.74) is 9.22. The number of hydrogen-bond donors (Lipinski definition) is 4. The van der Waals surface area contributed by atoms with Gasteiger partial charge in [-0.25, -0.2) is 12.8 Å². The molecule has 3 aromatic rings. The SMILES string of the molecule is O=C(Cc1ccc(NS(=O)(=O)c2ccc(F)cc2)cc1)Nc1cccc(C2CCNN2)c1. The van der Waals surface area contributed by atoms with E-state index in [1.165, 1.54) is 12.1 Å². The third-order valence-electron chi connectivity index (χ3n) is 5.10. The largest absolute Gasteiger partial charge is 0.326 e. The van der Waals surface area contributed by atoms with Crippen molar-refractivity contribution >= 4 is 27.3 Å². The highest BCUT2D eigenvalue weighted by molar-refractivity contribution is 7.92. The summed E-state index contributed by atoms with van der Waals surface area (Å²) < 4.78 is 40.3. The quantitative estimate of drug-likeness (QED) is 0.439. The average Bonchev–Trinajstić information content (AvgIpc) is 3.30. The zero-order valence-electron chi connectivity index (χ0n) is 17.1. The van der Waals surface area contributed by atoms with Crippen LogP contribution >= 0.6 is 0 Å². The summed E-state index contributed by atoms with van der Waals surface area (Å²) in [6.45, 7) is 0.900. The maximum atomic E-state index is 13.0. The minimum atomic E-state index is -3.82. The molecule has 9 heteroatoms. The second-order valence-corrected chi connectivity index (χ2v) is 9.20. The van der Waals surface area contributed by atoms with E-state index in [0.29, 0.717) is 5.69 Å². The number of carbonyl (C=O) groups excluding carboxylic acids is 1. The maximum Gasteiger partial charge on any atom is 0.261 e. The van der Waals surface area contributed by atoms with Crippen LogP contribution in [0.2, 0.25) is 0 Å². The van der Waals surface area contributed by atoms with Crippen LogP contribution in [-0.4, -0.2) is 20.9 Å². The summed E-state index contributed by atoms with van der Waals surface area (Å²) in [6.07, 6.45) is 1.13. The third-order valence-corrected chi connectivity index (χ3v) is 6.50. The van der Waals surface area contributed by atoms with Crippen molar-refractivity contribution in [3.05, 3.63) is 89.7 Å². The molecule has 1 aliphatic heterocycles. The highest BCUT2D eigenvalue weighted by Gasteiger charge is 2.17. The number of sulfonamides is 1. The molecule has 4 rings (SSSR count). The van der Waals surface area contributed by atoms with E-state index < -0.39 is 15.8 Å². The van der Waals surface area contributed by atoms with Crippen molar-refractivity contribution in [2.75, 3.05) is 16.6 Å². The predicted molar refractivity (Wildman–Crippen MR) is 121 cm³/mol. The summed E-state index contributed by atoms with van der Waals surface area (Å²) in [5, 5.41) is 2.90. The average molecular weight is 455 g/mol. The van der Waals surface area contributed by atoms with Crippen molar-refractivity contribution in [3.63, 3.8) is 0 Å². The highest BCUT2D eigenvalue weighted by atomic mass is 32.2. The van der Waals surface area contributed by atoms with Gasteiger partial charge in [0, 0.05) is 24.0 Å². The first-order valence-corrected chi connectivity index (χ1v) is 11.6. The van der Waals surface area contributed by atoms with Crippen molar-refractivity contribution in [3.8, 4) is 0 Å². The van der Waals surface area contributed by atoms with E-state index in [-0.39, 0.29) is 23.3 Å². The highest BCUT2D eigenvalue weighted by Crippen LogP contribution is 2.22. The van der Waals surface area contributed by atoms with Crippen LogP contribution in [0.4, 0.5) is 15.8 Å². The lowest BCUT2D eigenvalue weighted by Crippen LogP contribution is -2.24. The molecule has 1 unspecified atom stereocenters. The summed E-state index contributed by atoms with van der Waals surface area (Å²) in [6, 6.07) is 19.1. The molecule has 1 saturated heterocycles. The van der Waals surface area contributed by atoms with Crippen LogP contribution < -0.4 is 20.9 Å². The van der Waals surface area contributed by atoms with Gasteiger partial charge in [0.05, 0.1) is 11.3 Å². The Bertz CT molecular complexity index is 1190. The van der Waals surface area contributed by atoms with Crippen molar-refractivity contribution < 1.29 is 17.6 Å². The third kappa shape index (κ3) is 5.50. The Hall–Kier alpha value is -3.27. The fourth-order valence-electron chi connectivity index (χ4n) is 3.48. The molecule has 4 N–H and O–H groups in total. The van der Waals surface area contributed by atoms with Crippen LogP contribution in [-0.2, 0) is 21.2 Å². The molecular formula is C23H23FN4O3S. The van der Waals surface area contributed by atoms with Crippen molar-refractivity contribution in [1.29, 1.82) is 0 Å². The smallest absolute Gasteiger partial charge is 0.261 e. The molecule has 0 saturated carbocycles. The van der Waals surface area contributed by atoms with Gasteiger partial charge in [-0.15, -0.1) is 0 Å². The van der Waals surface area contributed by atoms with Gasteiger partial charge in [0.25, 0.3) is 10.0 Å². The molecule has 3 aromatic carbocycles. The standard InChI is InChI=1S/C23H23FN4O3S/c24-18-6-10-21(11-7-18)32(30,31)28-19-8-4-16(5-9-19)14-23(29)26-20-3-1-2-17(15-20)22-12-13-25-27-22/h1-11,15,22,25,27-28H,12-14H2,(H,26,29). The van der Waals surface area contributed by atoms with Gasteiger partial charge in [-0.2, -0.15) is 0 Å². The number of halogens is 1. The minimum Gasteiger partial charge on any atom is -0.326 e. The Labute approximate surface area is 186 Å². The lowest BCUT2D eigenvalue weighted by molar-refractivity contribution is -0.115. The molecule has 7 nitrogen and oxygen atoms in total. The monoisotopic (exact) mass is 454 g/mol. The Kier molecular flexibility index (Phi) is 6.50. The Balaban J connectivity index is 1.36. The van der Waals surface area contributed by atoms with E-state index in [2.05, 4.69) is 20.9 Å². The number of carbonyl (C=O) groups is 1. The molecular weight excluding hydrogens is 431 g/mol. The fraction of sp³-hybridized carbons (Fsp3) is 0.174. The molecule has 0 aliphatic carbocycles. The van der Waals surface area contributed by atoms with Gasteiger partial charge in [0.1, 0.15) is 5.82 Å². The predicted octanol–water partition coefficient (Wildman–Crippen LogP) is 3.35. The first-order chi connectivity index (χ1) is 15.4. The summed E-state index contributed by atoms with van der Waals surface area (Å²) in [4.78, 5) is 12.4. The zero-order chi connectivity index (χ0) is 22.6. The first-order valence-electron chi connectivity index (χ1n) is 10.1. The van der Waals surface area contributed by atoms with Crippen LogP contribution in [0.15, 0.2) is 77.7 Å². The number of benzene rings is 3. The van der Waals surface area contributed by atoms with E-state index in [1.54, 1.807) is 24.3 Å². The lowest BCUT2D eigenvalue weighted by Gasteiger charge is -2.12. The number of anilines is 2. The molecule has 166 valence electrons. The van der Waals surface area contributed by atoms with Gasteiger partial charge in [0.2, 0.25) is 5.91 Å². The normalized spacial score (nSPS) is 16.0. The van der Waals surface area contributed by atoms with Gasteiger partial charge in [-0.05, 0) is 66.1 Å². The maximum absolute atomic E-state index is 13.0. The molecule has 0 spiro atoms. The van der Waals surface area contributed by atoms with Gasteiger partial charge in [0.15, 0.2) is 0 Å². The molecule has 1 fully saturated rings. The number of amides is 1. The topological polar surface area (TPSA) is 99.3 Å². The molecule has 1 aliphatic rings. The molecule has 1 heterocycles. The molecule has 32 heavy (non-hydrogen) atoms. The Morgan fingerprint density at radius 2 is 1.75 bits per heavy atom. The van der Waals surface area contributed by atoms with Crippen LogP contribution in [0, 0.1) is 5.82 Å². The van der Waals surface area contributed by atoms with E-state index in [9.17, 15) is 17.6 Å². The van der Waals surface area contributed by atoms with Gasteiger partial charge >= 0.3 is 0 Å². The molecule has 0 aromatic heterocycles. The van der Waals surface area contributed by atoms with Crippen LogP contribution in [0.25, 0.3) is 0 Å². The summed E-state index contributed by atoms with van der Waals surface area (Å²) >= 11 is 0. The minimum absolute atomic E-state index is 0.0341.